The molecule has 1 aromatic rings. The second-order valence-electron chi connectivity index (χ2n) is 7.73. The van der Waals surface area contributed by atoms with E-state index in [-0.39, 0.29) is 5.92 Å². The topological polar surface area (TPSA) is 20.2 Å². The van der Waals surface area contributed by atoms with Gasteiger partial charge in [-0.2, -0.15) is 57.1 Å². The highest BCUT2D eigenvalue weighted by atomic mass is 19.4. The van der Waals surface area contributed by atoms with Crippen LogP contribution in [0, 0.1) is 0 Å². The van der Waals surface area contributed by atoms with E-state index in [1.807, 2.05) is 0 Å². The smallest absolute Gasteiger partial charge is 0.385 e. The van der Waals surface area contributed by atoms with Gasteiger partial charge in [-0.25, -0.2) is 0 Å². The molecule has 1 aromatic carbocycles. The summed E-state index contributed by atoms with van der Waals surface area (Å²) in [6.07, 6.45) is -10.2. The average molecular weight is 496 g/mol. The van der Waals surface area contributed by atoms with Gasteiger partial charge in [-0.15, -0.1) is 0 Å². The molecular formula is C18H17F13O. The van der Waals surface area contributed by atoms with Crippen LogP contribution in [0.4, 0.5) is 57.1 Å². The number of halogens is 13. The Bertz CT molecular complexity index is 792. The van der Waals surface area contributed by atoms with E-state index in [1.54, 1.807) is 13.8 Å². The maximum atomic E-state index is 14.1. The van der Waals surface area contributed by atoms with E-state index in [0.29, 0.717) is 12.5 Å². The number of hydrogen-bond donors (Lipinski definition) is 1. The Hall–Kier alpha value is -1.73. The summed E-state index contributed by atoms with van der Waals surface area (Å²) in [7, 11) is 0. The highest BCUT2D eigenvalue weighted by molar-refractivity contribution is 5.29. The van der Waals surface area contributed by atoms with E-state index < -0.39 is 53.4 Å². The van der Waals surface area contributed by atoms with Crippen LogP contribution in [-0.2, 0) is 5.60 Å². The van der Waals surface area contributed by atoms with E-state index in [2.05, 4.69) is 0 Å². The van der Waals surface area contributed by atoms with Crippen LogP contribution < -0.4 is 0 Å². The predicted molar refractivity (Wildman–Crippen MR) is 85.5 cm³/mol. The van der Waals surface area contributed by atoms with Gasteiger partial charge in [0.15, 0.2) is 0 Å². The van der Waals surface area contributed by atoms with Crippen LogP contribution in [0.15, 0.2) is 24.3 Å². The molecule has 0 saturated carbocycles. The van der Waals surface area contributed by atoms with Crippen molar-refractivity contribution in [3.63, 3.8) is 0 Å². The zero-order valence-corrected chi connectivity index (χ0v) is 16.5. The molecule has 14 heteroatoms. The van der Waals surface area contributed by atoms with Crippen LogP contribution in [0.3, 0.4) is 0 Å². The quantitative estimate of drug-likeness (QED) is 0.379. The average Bonchev–Trinajstić information content (AvgIpc) is 2.59. The summed E-state index contributed by atoms with van der Waals surface area (Å²) in [6, 6.07) is 4.37. The van der Waals surface area contributed by atoms with Gasteiger partial charge in [0, 0.05) is 0 Å². The lowest BCUT2D eigenvalue weighted by molar-refractivity contribution is -0.441. The third-order valence-corrected chi connectivity index (χ3v) is 4.76. The molecule has 0 aliphatic rings. The predicted octanol–water partition coefficient (Wildman–Crippen LogP) is 7.15. The van der Waals surface area contributed by atoms with Crippen molar-refractivity contribution in [3.05, 3.63) is 35.4 Å². The van der Waals surface area contributed by atoms with E-state index in [1.165, 1.54) is 12.1 Å². The van der Waals surface area contributed by atoms with Gasteiger partial charge in [0.2, 0.25) is 0 Å². The van der Waals surface area contributed by atoms with Crippen molar-refractivity contribution in [2.75, 3.05) is 0 Å². The zero-order valence-electron chi connectivity index (χ0n) is 16.5. The summed E-state index contributed by atoms with van der Waals surface area (Å²) in [4.78, 5) is 0. The van der Waals surface area contributed by atoms with Gasteiger partial charge in [0.1, 0.15) is 0 Å². The Morgan fingerprint density at radius 3 is 1.38 bits per heavy atom. The van der Waals surface area contributed by atoms with E-state index in [0.717, 1.165) is 12.1 Å². The third-order valence-electron chi connectivity index (χ3n) is 4.76. The number of alkyl halides is 13. The molecule has 0 heterocycles. The molecule has 0 aliphatic heterocycles. The highest BCUT2D eigenvalue weighted by Crippen LogP contribution is 2.61. The lowest BCUT2D eigenvalue weighted by Gasteiger charge is -2.41. The first-order chi connectivity index (χ1) is 13.9. The fourth-order valence-electron chi connectivity index (χ4n) is 2.67. The largest absolute Gasteiger partial charge is 0.460 e. The molecular weight excluding hydrogens is 479 g/mol. The van der Waals surface area contributed by atoms with Crippen LogP contribution in [0.25, 0.3) is 0 Å². The van der Waals surface area contributed by atoms with Gasteiger partial charge in [0.05, 0.1) is 12.0 Å². The summed E-state index contributed by atoms with van der Waals surface area (Å²) in [5, 5.41) is 10.1. The minimum atomic E-state index is -7.96. The van der Waals surface area contributed by atoms with Crippen LogP contribution in [-0.4, -0.2) is 40.9 Å². The van der Waals surface area contributed by atoms with Crippen LogP contribution >= 0.6 is 0 Å². The van der Waals surface area contributed by atoms with E-state index in [4.69, 9.17) is 0 Å². The molecule has 186 valence electrons. The highest BCUT2D eigenvalue weighted by Gasteiger charge is 2.90. The van der Waals surface area contributed by atoms with Crippen molar-refractivity contribution in [1.82, 2.24) is 0 Å². The summed E-state index contributed by atoms with van der Waals surface area (Å²) < 4.78 is 171. The number of hydrogen-bond acceptors (Lipinski definition) is 1. The Kier molecular flexibility index (Phi) is 7.02. The van der Waals surface area contributed by atoms with Crippen molar-refractivity contribution in [2.24, 2.45) is 0 Å². The molecule has 1 rings (SSSR count). The number of benzene rings is 1. The van der Waals surface area contributed by atoms with Crippen LogP contribution in [0.1, 0.15) is 44.2 Å². The van der Waals surface area contributed by atoms with Crippen molar-refractivity contribution < 1.29 is 62.2 Å². The van der Waals surface area contributed by atoms with Crippen molar-refractivity contribution in [2.45, 2.75) is 74.5 Å². The Morgan fingerprint density at radius 1 is 0.656 bits per heavy atom. The molecule has 1 atom stereocenters. The minimum Gasteiger partial charge on any atom is -0.385 e. The standard InChI is InChI=1S/C18H17F13O/c1-9(2)10-4-6-11(7-5-10)12(3,32)8-13(19,20)14(21,22)15(23,24)16(25,26)17(27,28)18(29,30)31/h4-7,9,32H,8H2,1-3H3. The lowest BCUT2D eigenvalue weighted by atomic mass is 9.84. The summed E-state index contributed by atoms with van der Waals surface area (Å²) in [5.74, 6) is -37.5. The molecule has 0 saturated heterocycles. The normalized spacial score (nSPS) is 16.9. The van der Waals surface area contributed by atoms with Gasteiger partial charge in [-0.3, -0.25) is 0 Å². The summed E-state index contributed by atoms with van der Waals surface area (Å²) in [5.41, 5.74) is -3.09. The fraction of sp³-hybridized carbons (Fsp3) is 0.667. The molecule has 1 unspecified atom stereocenters. The second-order valence-corrected chi connectivity index (χ2v) is 7.73. The SMILES string of the molecule is CC(C)c1ccc(C(C)(O)CC(F)(F)C(F)(F)C(F)(F)C(F)(F)C(F)(F)C(F)(F)F)cc1. The Balaban J connectivity index is 3.41. The van der Waals surface area contributed by atoms with E-state index in [9.17, 15) is 62.2 Å². The number of rotatable bonds is 8. The zero-order chi connectivity index (χ0) is 25.8. The fourth-order valence-corrected chi connectivity index (χ4v) is 2.67. The van der Waals surface area contributed by atoms with Crippen LogP contribution in [0.2, 0.25) is 0 Å². The molecule has 0 radical (unpaired) electrons. The van der Waals surface area contributed by atoms with Gasteiger partial charge < -0.3 is 5.11 Å². The van der Waals surface area contributed by atoms with Gasteiger partial charge in [-0.05, 0) is 24.0 Å². The first-order valence-corrected chi connectivity index (χ1v) is 8.65. The minimum absolute atomic E-state index is 0.115. The lowest BCUT2D eigenvalue weighted by Crippen LogP contribution is -2.70. The molecule has 1 nitrogen and oxygen atoms in total. The van der Waals surface area contributed by atoms with Crippen LogP contribution in [0.5, 0.6) is 0 Å². The first-order valence-electron chi connectivity index (χ1n) is 8.65. The second kappa shape index (κ2) is 7.94. The Morgan fingerprint density at radius 2 is 1.03 bits per heavy atom. The molecule has 1 N–H and O–H groups in total. The van der Waals surface area contributed by atoms with Crippen molar-refractivity contribution in [3.8, 4) is 0 Å². The molecule has 0 aliphatic carbocycles. The molecule has 0 spiro atoms. The maximum Gasteiger partial charge on any atom is 0.460 e. The first kappa shape index (κ1) is 28.3. The van der Waals surface area contributed by atoms with Crippen molar-refractivity contribution >= 4 is 0 Å². The van der Waals surface area contributed by atoms with Gasteiger partial charge >= 0.3 is 35.8 Å². The van der Waals surface area contributed by atoms with Gasteiger partial charge in [0.25, 0.3) is 0 Å². The molecule has 0 aromatic heterocycles. The molecule has 32 heavy (non-hydrogen) atoms. The third kappa shape index (κ3) is 4.38. The Labute approximate surface area is 173 Å². The number of aliphatic hydroxyl groups is 1. The monoisotopic (exact) mass is 496 g/mol. The molecule has 0 amide bonds. The molecule has 0 fully saturated rings. The summed E-state index contributed by atoms with van der Waals surface area (Å²) in [6.45, 7) is 3.81. The summed E-state index contributed by atoms with van der Waals surface area (Å²) >= 11 is 0. The molecule has 0 bridgehead atoms. The maximum absolute atomic E-state index is 14.1. The van der Waals surface area contributed by atoms with Crippen molar-refractivity contribution in [1.29, 1.82) is 0 Å². The van der Waals surface area contributed by atoms with E-state index >= 15 is 0 Å². The van der Waals surface area contributed by atoms with Gasteiger partial charge in [-0.1, -0.05) is 38.1 Å².